The minimum absolute atomic E-state index is 0.126. The second kappa shape index (κ2) is 10.1. The Bertz CT molecular complexity index is 748. The van der Waals surface area contributed by atoms with Gasteiger partial charge in [0.2, 0.25) is 11.8 Å². The zero-order valence-corrected chi connectivity index (χ0v) is 16.7. The molecule has 0 fully saturated rings. The van der Waals surface area contributed by atoms with Gasteiger partial charge in [-0.15, -0.1) is 0 Å². The lowest BCUT2D eigenvalue weighted by atomic mass is 10.0. The molecule has 0 aliphatic carbocycles. The Morgan fingerprint density at radius 2 is 1.52 bits per heavy atom. The summed E-state index contributed by atoms with van der Waals surface area (Å²) in [5, 5.41) is 6.55. The van der Waals surface area contributed by atoms with Crippen LogP contribution in [0.5, 0.6) is 0 Å². The van der Waals surface area contributed by atoms with E-state index in [4.69, 9.17) is 11.6 Å². The normalized spacial score (nSPS) is 13.1. The Morgan fingerprint density at radius 3 is 2.07 bits per heavy atom. The quantitative estimate of drug-likeness (QED) is 0.730. The van der Waals surface area contributed by atoms with Gasteiger partial charge < -0.3 is 15.5 Å². The first-order valence-electron chi connectivity index (χ1n) is 8.86. The number of hydrogen-bond acceptors (Lipinski definition) is 3. The molecule has 27 heavy (non-hydrogen) atoms. The fraction of sp³-hybridized carbons (Fsp3) is 0.333. The van der Waals surface area contributed by atoms with Gasteiger partial charge in [-0.1, -0.05) is 54.1 Å². The molecule has 0 unspecified atom stereocenters. The average Bonchev–Trinajstić information content (AvgIpc) is 2.61. The van der Waals surface area contributed by atoms with E-state index in [0.717, 1.165) is 11.1 Å². The lowest BCUT2D eigenvalue weighted by Gasteiger charge is -2.24. The number of benzene rings is 2. The van der Waals surface area contributed by atoms with Gasteiger partial charge in [0.25, 0.3) is 0 Å². The number of nitrogens with zero attached hydrogens (tertiary/aromatic N) is 1. The van der Waals surface area contributed by atoms with E-state index in [-0.39, 0.29) is 24.3 Å². The highest BCUT2D eigenvalue weighted by Gasteiger charge is 2.20. The summed E-state index contributed by atoms with van der Waals surface area (Å²) in [4.78, 5) is 26.4. The van der Waals surface area contributed by atoms with Gasteiger partial charge in [0, 0.05) is 18.5 Å². The fourth-order valence-corrected chi connectivity index (χ4v) is 3.04. The number of carbonyl (C=O) groups excluding carboxylic acids is 2. The molecule has 2 N–H and O–H groups in total. The number of amides is 2. The van der Waals surface area contributed by atoms with Crippen LogP contribution in [0.1, 0.15) is 36.6 Å². The van der Waals surface area contributed by atoms with Crippen molar-refractivity contribution in [1.29, 1.82) is 0 Å². The molecule has 2 aromatic carbocycles. The van der Waals surface area contributed by atoms with Crippen molar-refractivity contribution in [3.63, 3.8) is 0 Å². The number of likely N-dealkylation sites (N-methyl/N-ethyl adjacent to an activating group) is 1. The maximum Gasteiger partial charge on any atom is 0.222 e. The molecule has 0 saturated carbocycles. The second-order valence-corrected chi connectivity index (χ2v) is 7.24. The molecule has 2 rings (SSSR count). The zero-order valence-electron chi connectivity index (χ0n) is 15.9. The molecule has 6 heteroatoms. The number of carbonyl (C=O) groups is 2. The van der Waals surface area contributed by atoms with Crippen molar-refractivity contribution in [2.24, 2.45) is 0 Å². The first-order chi connectivity index (χ1) is 12.8. The van der Waals surface area contributed by atoms with Crippen molar-refractivity contribution >= 4 is 23.4 Å². The summed E-state index contributed by atoms with van der Waals surface area (Å²) in [7, 11) is 3.94. The van der Waals surface area contributed by atoms with Gasteiger partial charge in [0.1, 0.15) is 0 Å². The third-order valence-electron chi connectivity index (χ3n) is 4.12. The molecule has 0 aromatic heterocycles. The molecule has 2 aromatic rings. The highest BCUT2D eigenvalue weighted by atomic mass is 35.5. The molecule has 2 atom stereocenters. The van der Waals surface area contributed by atoms with Crippen molar-refractivity contribution in [2.75, 3.05) is 20.6 Å². The number of hydrogen-bond donors (Lipinski definition) is 2. The number of rotatable bonds is 8. The average molecular weight is 388 g/mol. The van der Waals surface area contributed by atoms with E-state index >= 15 is 0 Å². The van der Waals surface area contributed by atoms with Crippen LogP contribution in [0.4, 0.5) is 0 Å². The Morgan fingerprint density at radius 1 is 0.926 bits per heavy atom. The van der Waals surface area contributed by atoms with E-state index in [1.165, 1.54) is 6.92 Å². The van der Waals surface area contributed by atoms with Crippen molar-refractivity contribution in [1.82, 2.24) is 15.5 Å². The third-order valence-corrected chi connectivity index (χ3v) is 4.38. The molecule has 2 amide bonds. The van der Waals surface area contributed by atoms with Crippen molar-refractivity contribution < 1.29 is 9.59 Å². The van der Waals surface area contributed by atoms with Crippen LogP contribution in [0, 0.1) is 0 Å². The Labute approximate surface area is 165 Å². The zero-order chi connectivity index (χ0) is 19.8. The molecule has 0 spiro atoms. The molecule has 0 heterocycles. The van der Waals surface area contributed by atoms with Crippen LogP contribution in [-0.4, -0.2) is 37.4 Å². The third kappa shape index (κ3) is 7.04. The van der Waals surface area contributed by atoms with Crippen molar-refractivity contribution in [3.05, 3.63) is 70.7 Å². The highest BCUT2D eigenvalue weighted by molar-refractivity contribution is 6.30. The largest absolute Gasteiger partial charge is 0.349 e. The fourth-order valence-electron chi connectivity index (χ4n) is 2.92. The first kappa shape index (κ1) is 20.9. The highest BCUT2D eigenvalue weighted by Crippen LogP contribution is 2.21. The molecule has 0 bridgehead atoms. The summed E-state index contributed by atoms with van der Waals surface area (Å²) in [6.07, 6.45) is 0.151. The first-order valence-corrected chi connectivity index (χ1v) is 9.24. The van der Waals surface area contributed by atoms with Crippen molar-refractivity contribution in [2.45, 2.75) is 25.4 Å². The Balaban J connectivity index is 2.12. The maximum atomic E-state index is 12.7. The van der Waals surface area contributed by atoms with E-state index in [9.17, 15) is 9.59 Å². The van der Waals surface area contributed by atoms with E-state index < -0.39 is 6.04 Å². The van der Waals surface area contributed by atoms with Crippen LogP contribution >= 0.6 is 11.6 Å². The standard InChI is InChI=1S/C21H26ClN3O2/c1-15(26)23-19(17-9-11-18(22)12-10-17)13-21(27)24-20(14-25(2)3)16-7-5-4-6-8-16/h4-12,19-20H,13-14H2,1-3H3,(H,23,26)(H,24,27)/t19-,20-/m1/s1. The number of nitrogens with one attached hydrogen (secondary N) is 2. The van der Waals surface area contributed by atoms with Gasteiger partial charge in [0.05, 0.1) is 18.5 Å². The molecule has 0 aliphatic rings. The van der Waals surface area contributed by atoms with Crippen LogP contribution < -0.4 is 10.6 Å². The molecule has 0 radical (unpaired) electrons. The second-order valence-electron chi connectivity index (χ2n) is 6.80. The van der Waals surface area contributed by atoms with Gasteiger partial charge in [0.15, 0.2) is 0 Å². The molecule has 144 valence electrons. The van der Waals surface area contributed by atoms with Crippen LogP contribution in [0.15, 0.2) is 54.6 Å². The van der Waals surface area contributed by atoms with Gasteiger partial charge in [-0.25, -0.2) is 0 Å². The van der Waals surface area contributed by atoms with E-state index in [2.05, 4.69) is 10.6 Å². The molecule has 5 nitrogen and oxygen atoms in total. The summed E-state index contributed by atoms with van der Waals surface area (Å²) in [5.41, 5.74) is 1.88. The molecule has 0 saturated heterocycles. The van der Waals surface area contributed by atoms with Crippen LogP contribution in [-0.2, 0) is 9.59 Å². The topological polar surface area (TPSA) is 61.4 Å². The molecular formula is C21H26ClN3O2. The lowest BCUT2D eigenvalue weighted by molar-refractivity contribution is -0.123. The maximum absolute atomic E-state index is 12.7. The Hall–Kier alpha value is -2.37. The van der Waals surface area contributed by atoms with Gasteiger partial charge in [-0.2, -0.15) is 0 Å². The van der Waals surface area contributed by atoms with E-state index in [0.29, 0.717) is 11.6 Å². The Kier molecular flexibility index (Phi) is 7.82. The summed E-state index contributed by atoms with van der Waals surface area (Å²) in [6, 6.07) is 16.5. The van der Waals surface area contributed by atoms with Gasteiger partial charge in [-0.3, -0.25) is 9.59 Å². The van der Waals surface area contributed by atoms with Crippen LogP contribution in [0.3, 0.4) is 0 Å². The summed E-state index contributed by atoms with van der Waals surface area (Å²) in [6.45, 7) is 2.13. The summed E-state index contributed by atoms with van der Waals surface area (Å²) >= 11 is 5.94. The summed E-state index contributed by atoms with van der Waals surface area (Å²) < 4.78 is 0. The van der Waals surface area contributed by atoms with Crippen molar-refractivity contribution in [3.8, 4) is 0 Å². The minimum Gasteiger partial charge on any atom is -0.349 e. The number of halogens is 1. The molecule has 0 aliphatic heterocycles. The minimum atomic E-state index is -0.407. The SMILES string of the molecule is CC(=O)N[C@H](CC(=O)N[C@H](CN(C)C)c1ccccc1)c1ccc(Cl)cc1. The lowest BCUT2D eigenvalue weighted by Crippen LogP contribution is -2.38. The van der Waals surface area contributed by atoms with E-state index in [1.54, 1.807) is 12.1 Å². The summed E-state index contributed by atoms with van der Waals surface area (Å²) in [5.74, 6) is -0.310. The van der Waals surface area contributed by atoms with E-state index in [1.807, 2.05) is 61.5 Å². The smallest absolute Gasteiger partial charge is 0.222 e. The predicted octanol–water partition coefficient (Wildman–Crippen LogP) is 3.33. The van der Waals surface area contributed by atoms with Gasteiger partial charge >= 0.3 is 0 Å². The van der Waals surface area contributed by atoms with Gasteiger partial charge in [-0.05, 0) is 37.4 Å². The van der Waals surface area contributed by atoms with Crippen LogP contribution in [0.25, 0.3) is 0 Å². The predicted molar refractivity (Wildman–Crippen MR) is 109 cm³/mol. The monoisotopic (exact) mass is 387 g/mol. The molecular weight excluding hydrogens is 362 g/mol. The van der Waals surface area contributed by atoms with Crippen LogP contribution in [0.2, 0.25) is 5.02 Å².